The van der Waals surface area contributed by atoms with Crippen molar-refractivity contribution < 1.29 is 4.57 Å². The summed E-state index contributed by atoms with van der Waals surface area (Å²) in [5.74, 6) is 0. The van der Waals surface area contributed by atoms with Crippen molar-refractivity contribution in [1.82, 2.24) is 4.98 Å². The Balaban J connectivity index is 1.64. The molecule has 0 aliphatic carbocycles. The quantitative estimate of drug-likeness (QED) is 0.469. The number of nitrogens with zero attached hydrogens (tertiary/aromatic N) is 3. The number of benzene rings is 2. The zero-order valence-corrected chi connectivity index (χ0v) is 16.6. The molecule has 134 valence electrons. The van der Waals surface area contributed by atoms with E-state index in [1.54, 1.807) is 11.3 Å². The summed E-state index contributed by atoms with van der Waals surface area (Å²) in [7, 11) is 6.17. The van der Waals surface area contributed by atoms with Crippen LogP contribution in [0.1, 0.15) is 11.3 Å². The Bertz CT molecular complexity index is 1080. The lowest BCUT2D eigenvalue weighted by Gasteiger charge is -2.11. The zero-order valence-electron chi connectivity index (χ0n) is 15.8. The molecule has 0 aliphatic rings. The highest BCUT2D eigenvalue weighted by Crippen LogP contribution is 2.30. The number of fused-ring (bicyclic) bond motifs is 1. The van der Waals surface area contributed by atoms with E-state index in [0.717, 1.165) is 21.8 Å². The van der Waals surface area contributed by atoms with Crippen LogP contribution in [0, 0.1) is 0 Å². The number of para-hydroxylation sites is 1. The molecule has 4 rings (SSSR count). The molecule has 0 fully saturated rings. The third-order valence-corrected chi connectivity index (χ3v) is 5.67. The summed E-state index contributed by atoms with van der Waals surface area (Å²) in [6, 6.07) is 21.2. The van der Waals surface area contributed by atoms with Crippen LogP contribution in [0.4, 0.5) is 5.69 Å². The highest BCUT2D eigenvalue weighted by Gasteiger charge is 2.10. The maximum atomic E-state index is 4.78. The Hall–Kier alpha value is -2.98. The Labute approximate surface area is 163 Å². The fourth-order valence-corrected chi connectivity index (χ4v) is 3.91. The minimum absolute atomic E-state index is 1.06. The molecule has 0 saturated carbocycles. The summed E-state index contributed by atoms with van der Waals surface area (Å²) in [5.41, 5.74) is 5.74. The van der Waals surface area contributed by atoms with Crippen LogP contribution in [0.15, 0.2) is 66.9 Å². The number of rotatable bonds is 4. The second-order valence-electron chi connectivity index (χ2n) is 6.76. The van der Waals surface area contributed by atoms with Gasteiger partial charge in [0, 0.05) is 43.6 Å². The minimum Gasteiger partial charge on any atom is -0.378 e. The molecule has 0 saturated heterocycles. The third kappa shape index (κ3) is 3.76. The fourth-order valence-electron chi connectivity index (χ4n) is 2.95. The molecule has 4 aromatic rings. The first-order chi connectivity index (χ1) is 13.1. The molecule has 2 heterocycles. The zero-order chi connectivity index (χ0) is 18.8. The molecule has 0 radical (unpaired) electrons. The molecule has 27 heavy (non-hydrogen) atoms. The first-order valence-electron chi connectivity index (χ1n) is 8.91. The van der Waals surface area contributed by atoms with Crippen molar-refractivity contribution in [2.24, 2.45) is 7.05 Å². The van der Waals surface area contributed by atoms with Crippen LogP contribution in [0.5, 0.6) is 0 Å². The standard InChI is InChI=1S/C23H22N3S/c1-25(2)19-11-8-17(9-12-19)10-13-20-16-18(14-15-26(20)3)23-24-21-6-4-5-7-22(21)27-23/h4-16H,1-3H3/q+1. The number of anilines is 1. The second-order valence-corrected chi connectivity index (χ2v) is 7.79. The second kappa shape index (κ2) is 7.33. The van der Waals surface area contributed by atoms with Gasteiger partial charge in [-0.25, -0.2) is 9.55 Å². The molecule has 0 amide bonds. The van der Waals surface area contributed by atoms with Gasteiger partial charge in [-0.05, 0) is 35.9 Å². The van der Waals surface area contributed by atoms with E-state index < -0.39 is 0 Å². The molecular weight excluding hydrogens is 350 g/mol. The number of thiazole rings is 1. The fraction of sp³-hybridized carbons (Fsp3) is 0.130. The maximum absolute atomic E-state index is 4.78. The summed E-state index contributed by atoms with van der Waals surface area (Å²) < 4.78 is 3.35. The first kappa shape index (κ1) is 17.4. The van der Waals surface area contributed by atoms with E-state index >= 15 is 0 Å². The lowest BCUT2D eigenvalue weighted by molar-refractivity contribution is -0.673. The molecule has 0 unspecified atom stereocenters. The van der Waals surface area contributed by atoms with Crippen molar-refractivity contribution in [2.75, 3.05) is 19.0 Å². The van der Waals surface area contributed by atoms with Crippen LogP contribution < -0.4 is 9.47 Å². The van der Waals surface area contributed by atoms with Gasteiger partial charge >= 0.3 is 0 Å². The van der Waals surface area contributed by atoms with E-state index in [9.17, 15) is 0 Å². The summed E-state index contributed by atoms with van der Waals surface area (Å²) >= 11 is 1.73. The van der Waals surface area contributed by atoms with Gasteiger partial charge in [0.15, 0.2) is 6.20 Å². The smallest absolute Gasteiger partial charge is 0.205 e. The van der Waals surface area contributed by atoms with E-state index in [2.05, 4.69) is 104 Å². The van der Waals surface area contributed by atoms with Crippen molar-refractivity contribution >= 4 is 39.4 Å². The van der Waals surface area contributed by atoms with E-state index in [1.807, 2.05) is 6.07 Å². The Morgan fingerprint density at radius 2 is 1.74 bits per heavy atom. The lowest BCUT2D eigenvalue weighted by atomic mass is 10.1. The van der Waals surface area contributed by atoms with Gasteiger partial charge in [-0.15, -0.1) is 11.3 Å². The van der Waals surface area contributed by atoms with Crippen molar-refractivity contribution in [3.05, 3.63) is 78.1 Å². The lowest BCUT2D eigenvalue weighted by Crippen LogP contribution is -2.30. The van der Waals surface area contributed by atoms with Crippen LogP contribution in [0.3, 0.4) is 0 Å². The van der Waals surface area contributed by atoms with Gasteiger partial charge in [-0.2, -0.15) is 0 Å². The van der Waals surface area contributed by atoms with Crippen molar-refractivity contribution in [3.8, 4) is 10.6 Å². The minimum atomic E-state index is 1.06. The van der Waals surface area contributed by atoms with E-state index in [4.69, 9.17) is 4.98 Å². The molecule has 0 atom stereocenters. The number of aryl methyl sites for hydroxylation is 1. The van der Waals surface area contributed by atoms with Crippen molar-refractivity contribution in [1.29, 1.82) is 0 Å². The van der Waals surface area contributed by atoms with Gasteiger partial charge in [-0.1, -0.05) is 24.3 Å². The largest absolute Gasteiger partial charge is 0.378 e. The van der Waals surface area contributed by atoms with Crippen molar-refractivity contribution in [2.45, 2.75) is 0 Å². The number of aromatic nitrogens is 2. The molecule has 4 heteroatoms. The predicted molar refractivity (Wildman–Crippen MR) is 116 cm³/mol. The van der Waals surface area contributed by atoms with Gasteiger partial charge in [0.1, 0.15) is 12.1 Å². The Morgan fingerprint density at radius 1 is 0.963 bits per heavy atom. The van der Waals surface area contributed by atoms with Crippen LogP contribution in [0.2, 0.25) is 0 Å². The van der Waals surface area contributed by atoms with Gasteiger partial charge in [0.05, 0.1) is 10.2 Å². The summed E-state index contributed by atoms with van der Waals surface area (Å²) in [6.45, 7) is 0. The number of hydrogen-bond acceptors (Lipinski definition) is 3. The highest BCUT2D eigenvalue weighted by atomic mass is 32.1. The average molecular weight is 373 g/mol. The summed E-state index contributed by atoms with van der Waals surface area (Å²) in [5, 5.41) is 1.06. The number of pyridine rings is 1. The predicted octanol–water partition coefficient (Wildman–Crippen LogP) is 5.02. The van der Waals surface area contributed by atoms with Gasteiger partial charge < -0.3 is 4.90 Å². The summed E-state index contributed by atoms with van der Waals surface area (Å²) in [6.07, 6.45) is 6.40. The van der Waals surface area contributed by atoms with E-state index in [-0.39, 0.29) is 0 Å². The number of hydrogen-bond donors (Lipinski definition) is 0. The third-order valence-electron chi connectivity index (χ3n) is 4.59. The average Bonchev–Trinajstić information content (AvgIpc) is 3.12. The molecule has 0 bridgehead atoms. The summed E-state index contributed by atoms with van der Waals surface area (Å²) in [4.78, 5) is 6.88. The van der Waals surface area contributed by atoms with Crippen LogP contribution in [0.25, 0.3) is 32.9 Å². The molecule has 0 spiro atoms. The molecule has 0 aliphatic heterocycles. The van der Waals surface area contributed by atoms with Gasteiger partial charge in [0.2, 0.25) is 5.69 Å². The molecule has 2 aromatic carbocycles. The first-order valence-corrected chi connectivity index (χ1v) is 9.73. The maximum Gasteiger partial charge on any atom is 0.205 e. The van der Waals surface area contributed by atoms with Crippen LogP contribution in [-0.4, -0.2) is 19.1 Å². The molecule has 2 aromatic heterocycles. The SMILES string of the molecule is CN(C)c1ccc(/C=C/c2cc(-c3nc4ccccc4s3)cc[n+]2C)cc1. The van der Waals surface area contributed by atoms with E-state index in [1.165, 1.54) is 16.0 Å². The van der Waals surface area contributed by atoms with Gasteiger partial charge in [-0.3, -0.25) is 0 Å². The van der Waals surface area contributed by atoms with Crippen LogP contribution in [-0.2, 0) is 7.05 Å². The van der Waals surface area contributed by atoms with Gasteiger partial charge in [0.25, 0.3) is 0 Å². The highest BCUT2D eigenvalue weighted by molar-refractivity contribution is 7.21. The Morgan fingerprint density at radius 3 is 2.48 bits per heavy atom. The normalized spacial score (nSPS) is 11.4. The van der Waals surface area contributed by atoms with Crippen molar-refractivity contribution in [3.63, 3.8) is 0 Å². The monoisotopic (exact) mass is 372 g/mol. The Kier molecular flexibility index (Phi) is 4.73. The van der Waals surface area contributed by atoms with E-state index in [0.29, 0.717) is 0 Å². The molecule has 3 nitrogen and oxygen atoms in total. The van der Waals surface area contributed by atoms with Crippen LogP contribution >= 0.6 is 11.3 Å². The molecule has 0 N–H and O–H groups in total. The molecular formula is C23H22N3S+. The topological polar surface area (TPSA) is 20.0 Å².